The smallest absolute Gasteiger partial charge is 0.248 e. The van der Waals surface area contributed by atoms with Crippen LogP contribution in [0, 0.1) is 11.3 Å². The number of benzene rings is 1. The van der Waals surface area contributed by atoms with E-state index in [9.17, 15) is 9.59 Å². The lowest BCUT2D eigenvalue weighted by molar-refractivity contribution is -0.145. The first-order chi connectivity index (χ1) is 9.65. The minimum atomic E-state index is -0.271. The maximum atomic E-state index is 11.9. The van der Waals surface area contributed by atoms with E-state index in [0.717, 1.165) is 16.3 Å². The summed E-state index contributed by atoms with van der Waals surface area (Å²) in [6.45, 7) is 0.456. The number of nitriles is 1. The molecule has 0 saturated carbocycles. The number of ether oxygens (including phenoxy) is 1. The topological polar surface area (TPSA) is 73.6 Å². The first-order valence-electron chi connectivity index (χ1n) is 6.25. The fraction of sp³-hybridized carbons (Fsp3) is 0.357. The van der Waals surface area contributed by atoms with Crippen molar-refractivity contribution in [1.82, 2.24) is 4.90 Å². The Hall–Kier alpha value is -2.55. The largest absolute Gasteiger partial charge is 0.497 e. The number of piperazine rings is 1. The molecule has 0 radical (unpaired) electrons. The Morgan fingerprint density at radius 2 is 1.80 bits per heavy atom. The molecule has 0 aliphatic carbocycles. The third-order valence-electron chi connectivity index (χ3n) is 3.14. The van der Waals surface area contributed by atoms with Crippen molar-refractivity contribution < 1.29 is 14.3 Å². The summed E-state index contributed by atoms with van der Waals surface area (Å²) >= 11 is 0. The number of amides is 2. The molecule has 0 unspecified atom stereocenters. The van der Waals surface area contributed by atoms with Gasteiger partial charge in [0, 0.05) is 12.2 Å². The monoisotopic (exact) mass is 273 g/mol. The van der Waals surface area contributed by atoms with Crippen molar-refractivity contribution in [1.29, 1.82) is 5.26 Å². The molecule has 1 saturated heterocycles. The van der Waals surface area contributed by atoms with Crippen LogP contribution in [0.4, 0.5) is 5.69 Å². The molecule has 1 heterocycles. The van der Waals surface area contributed by atoms with E-state index in [0.29, 0.717) is 0 Å². The molecule has 0 bridgehead atoms. The normalized spacial score (nSPS) is 15.2. The summed E-state index contributed by atoms with van der Waals surface area (Å²) in [5.41, 5.74) is 0.799. The molecule has 1 aromatic carbocycles. The third-order valence-corrected chi connectivity index (χ3v) is 3.14. The van der Waals surface area contributed by atoms with Gasteiger partial charge in [0.25, 0.3) is 0 Å². The molecule has 1 fully saturated rings. The van der Waals surface area contributed by atoms with Gasteiger partial charge in [-0.05, 0) is 24.3 Å². The summed E-state index contributed by atoms with van der Waals surface area (Å²) in [6.07, 6.45) is 0.167. The van der Waals surface area contributed by atoms with E-state index in [4.69, 9.17) is 10.00 Å². The quantitative estimate of drug-likeness (QED) is 0.758. The number of anilines is 1. The van der Waals surface area contributed by atoms with Gasteiger partial charge in [0.2, 0.25) is 11.8 Å². The van der Waals surface area contributed by atoms with Gasteiger partial charge in [-0.15, -0.1) is 0 Å². The van der Waals surface area contributed by atoms with Gasteiger partial charge in [-0.1, -0.05) is 0 Å². The first kappa shape index (κ1) is 13.9. The molecule has 1 aliphatic rings. The minimum absolute atomic E-state index is 0.142. The van der Waals surface area contributed by atoms with Gasteiger partial charge in [0.1, 0.15) is 5.75 Å². The van der Waals surface area contributed by atoms with E-state index in [1.807, 2.05) is 18.2 Å². The molecule has 0 aromatic heterocycles. The fourth-order valence-corrected chi connectivity index (χ4v) is 2.08. The minimum Gasteiger partial charge on any atom is -0.497 e. The van der Waals surface area contributed by atoms with Crippen LogP contribution in [-0.2, 0) is 9.59 Å². The molecular weight excluding hydrogens is 258 g/mol. The highest BCUT2D eigenvalue weighted by Crippen LogP contribution is 2.21. The summed E-state index contributed by atoms with van der Waals surface area (Å²) in [5.74, 6) is 0.179. The highest BCUT2D eigenvalue weighted by Gasteiger charge is 2.30. The van der Waals surface area contributed by atoms with Crippen molar-refractivity contribution in [2.75, 3.05) is 31.6 Å². The number of rotatable bonds is 4. The van der Waals surface area contributed by atoms with Crippen LogP contribution in [0.5, 0.6) is 5.75 Å². The molecule has 20 heavy (non-hydrogen) atoms. The van der Waals surface area contributed by atoms with E-state index in [1.165, 1.54) is 0 Å². The number of imide groups is 1. The Bertz CT molecular complexity index is 530. The standard InChI is InChI=1S/C14H15N3O3/c1-20-12-5-3-11(4-6-12)16-9-13(18)17(8-2-7-15)14(19)10-16/h3-6H,2,8-10H2,1H3. The fourth-order valence-electron chi connectivity index (χ4n) is 2.08. The third kappa shape index (κ3) is 2.88. The van der Waals surface area contributed by atoms with Crippen LogP contribution < -0.4 is 9.64 Å². The van der Waals surface area contributed by atoms with E-state index >= 15 is 0 Å². The van der Waals surface area contributed by atoms with Gasteiger partial charge in [-0.2, -0.15) is 5.26 Å². The van der Waals surface area contributed by atoms with Crippen molar-refractivity contribution in [3.63, 3.8) is 0 Å². The number of carbonyl (C=O) groups excluding carboxylic acids is 2. The molecular formula is C14H15N3O3. The zero-order valence-corrected chi connectivity index (χ0v) is 11.2. The summed E-state index contributed by atoms with van der Waals surface area (Å²) in [7, 11) is 1.58. The van der Waals surface area contributed by atoms with Crippen molar-refractivity contribution in [2.24, 2.45) is 0 Å². The van der Waals surface area contributed by atoms with Crippen molar-refractivity contribution in [3.05, 3.63) is 24.3 Å². The lowest BCUT2D eigenvalue weighted by Gasteiger charge is -2.33. The molecule has 6 nitrogen and oxygen atoms in total. The van der Waals surface area contributed by atoms with Crippen LogP contribution in [0.15, 0.2) is 24.3 Å². The molecule has 2 amide bonds. The highest BCUT2D eigenvalue weighted by atomic mass is 16.5. The average molecular weight is 273 g/mol. The highest BCUT2D eigenvalue weighted by molar-refractivity contribution is 6.02. The van der Waals surface area contributed by atoms with Crippen molar-refractivity contribution >= 4 is 17.5 Å². The molecule has 0 atom stereocenters. The SMILES string of the molecule is COc1ccc(N2CC(=O)N(CCC#N)C(=O)C2)cc1. The second kappa shape index (κ2) is 6.06. The molecule has 0 spiro atoms. The van der Waals surface area contributed by atoms with Gasteiger partial charge in [0.05, 0.1) is 32.7 Å². The second-order valence-electron chi connectivity index (χ2n) is 4.40. The van der Waals surface area contributed by atoms with Gasteiger partial charge >= 0.3 is 0 Å². The van der Waals surface area contributed by atoms with Crippen molar-refractivity contribution in [2.45, 2.75) is 6.42 Å². The summed E-state index contributed by atoms with van der Waals surface area (Å²) in [6, 6.07) is 9.13. The van der Waals surface area contributed by atoms with E-state index in [1.54, 1.807) is 24.1 Å². The number of carbonyl (C=O) groups is 2. The van der Waals surface area contributed by atoms with Gasteiger partial charge in [0.15, 0.2) is 0 Å². The Kier molecular flexibility index (Phi) is 4.20. The maximum absolute atomic E-state index is 11.9. The van der Waals surface area contributed by atoms with Crippen LogP contribution in [0.2, 0.25) is 0 Å². The molecule has 2 rings (SSSR count). The maximum Gasteiger partial charge on any atom is 0.248 e. The van der Waals surface area contributed by atoms with Crippen LogP contribution in [0.25, 0.3) is 0 Å². The Balaban J connectivity index is 2.08. The van der Waals surface area contributed by atoms with E-state index in [-0.39, 0.29) is 37.9 Å². The number of methoxy groups -OCH3 is 1. The predicted octanol–water partition coefficient (Wildman–Crippen LogP) is 0.784. The lowest BCUT2D eigenvalue weighted by Crippen LogP contribution is -2.54. The molecule has 6 heteroatoms. The summed E-state index contributed by atoms with van der Waals surface area (Å²) < 4.78 is 5.07. The Labute approximate surface area is 117 Å². The Morgan fingerprint density at radius 1 is 1.20 bits per heavy atom. The van der Waals surface area contributed by atoms with Gasteiger partial charge in [-0.25, -0.2) is 0 Å². The molecule has 1 aliphatic heterocycles. The van der Waals surface area contributed by atoms with E-state index in [2.05, 4.69) is 0 Å². The van der Waals surface area contributed by atoms with Crippen LogP contribution in [0.1, 0.15) is 6.42 Å². The average Bonchev–Trinajstić information content (AvgIpc) is 2.46. The van der Waals surface area contributed by atoms with E-state index < -0.39 is 0 Å². The van der Waals surface area contributed by atoms with Gasteiger partial charge < -0.3 is 9.64 Å². The zero-order chi connectivity index (χ0) is 14.5. The molecule has 0 N–H and O–H groups in total. The molecule has 104 valence electrons. The van der Waals surface area contributed by atoms with Gasteiger partial charge in [-0.3, -0.25) is 14.5 Å². The second-order valence-corrected chi connectivity index (χ2v) is 4.40. The summed E-state index contributed by atoms with van der Waals surface area (Å²) in [5, 5.41) is 8.53. The molecule has 1 aromatic rings. The predicted molar refractivity (Wildman–Crippen MR) is 72.2 cm³/mol. The first-order valence-corrected chi connectivity index (χ1v) is 6.25. The zero-order valence-electron chi connectivity index (χ0n) is 11.2. The lowest BCUT2D eigenvalue weighted by atomic mass is 10.2. The number of hydrogen-bond acceptors (Lipinski definition) is 5. The Morgan fingerprint density at radius 3 is 2.30 bits per heavy atom. The van der Waals surface area contributed by atoms with Crippen LogP contribution in [0.3, 0.4) is 0 Å². The number of nitrogens with zero attached hydrogens (tertiary/aromatic N) is 3. The van der Waals surface area contributed by atoms with Crippen LogP contribution in [-0.4, -0.2) is 43.5 Å². The van der Waals surface area contributed by atoms with Crippen LogP contribution >= 0.6 is 0 Å². The van der Waals surface area contributed by atoms with Crippen molar-refractivity contribution in [3.8, 4) is 11.8 Å². The number of hydrogen-bond donors (Lipinski definition) is 0. The summed E-state index contributed by atoms with van der Waals surface area (Å²) in [4.78, 5) is 26.8.